The van der Waals surface area contributed by atoms with E-state index in [2.05, 4.69) is 67.7 Å². The van der Waals surface area contributed by atoms with E-state index >= 15 is 0 Å². The zero-order valence-corrected chi connectivity index (χ0v) is 17.0. The van der Waals surface area contributed by atoms with Gasteiger partial charge < -0.3 is 0 Å². The third-order valence-electron chi connectivity index (χ3n) is 6.56. The van der Waals surface area contributed by atoms with Crippen LogP contribution in [0.25, 0.3) is 0 Å². The highest BCUT2D eigenvalue weighted by molar-refractivity contribution is 6.97. The molecule has 2 unspecified atom stereocenters. The second-order valence-corrected chi connectivity index (χ2v) is 20.8. The van der Waals surface area contributed by atoms with Gasteiger partial charge in [-0.2, -0.15) is 0 Å². The summed E-state index contributed by atoms with van der Waals surface area (Å²) < 4.78 is 0. The molecule has 1 fully saturated rings. The largest absolute Gasteiger partial charge is 0.291 e. The minimum atomic E-state index is -1.81. The summed E-state index contributed by atoms with van der Waals surface area (Å²) in [5.41, 5.74) is 0.0757. The molecule has 2 nitrogen and oxygen atoms in total. The molecule has 116 valence electrons. The first-order chi connectivity index (χ1) is 8.57. The molecule has 1 aliphatic carbocycles. The van der Waals surface area contributed by atoms with E-state index in [4.69, 9.17) is 0 Å². The first-order valence-corrected chi connectivity index (χ1v) is 13.8. The van der Waals surface area contributed by atoms with Crippen LogP contribution in [0.4, 0.5) is 0 Å². The fourth-order valence-corrected chi connectivity index (χ4v) is 10.9. The minimum absolute atomic E-state index is 0.0379. The molecule has 0 aliphatic heterocycles. The van der Waals surface area contributed by atoms with Gasteiger partial charge in [-0.05, 0) is 10.1 Å². The van der Waals surface area contributed by atoms with Crippen molar-refractivity contribution in [2.75, 3.05) is 0 Å². The number of rotatable bonds is 2. The maximum Gasteiger partial charge on any atom is 0.199 e. The van der Waals surface area contributed by atoms with E-state index in [1.807, 2.05) is 0 Å². The lowest BCUT2D eigenvalue weighted by Gasteiger charge is -2.56. The summed E-state index contributed by atoms with van der Waals surface area (Å²) in [6.07, 6.45) is 0. The Morgan fingerprint density at radius 3 is 1.00 bits per heavy atom. The van der Waals surface area contributed by atoms with Gasteiger partial charge in [0, 0.05) is 11.1 Å². The molecule has 1 aliphatic rings. The Balaban J connectivity index is 3.29. The monoisotopic (exact) mass is 312 g/mol. The maximum absolute atomic E-state index is 12.3. The SMILES string of the molecule is CC(C)(C)[Si](C)(C)C1C(=O)C(=O)C1[Si](C)(C)C(C)(C)C. The van der Waals surface area contributed by atoms with Crippen LogP contribution in [0.3, 0.4) is 0 Å². The van der Waals surface area contributed by atoms with Crippen LogP contribution in [-0.4, -0.2) is 27.7 Å². The number of ketones is 2. The Kier molecular flexibility index (Phi) is 4.13. The van der Waals surface area contributed by atoms with Gasteiger partial charge in [-0.1, -0.05) is 67.7 Å². The van der Waals surface area contributed by atoms with Gasteiger partial charge in [-0.3, -0.25) is 9.59 Å². The Morgan fingerprint density at radius 2 is 0.850 bits per heavy atom. The molecule has 0 heterocycles. The summed E-state index contributed by atoms with van der Waals surface area (Å²) in [6, 6.07) is 0. The van der Waals surface area contributed by atoms with Crippen LogP contribution < -0.4 is 0 Å². The number of carbonyl (C=O) groups is 2. The van der Waals surface area contributed by atoms with Crippen molar-refractivity contribution in [1.82, 2.24) is 0 Å². The van der Waals surface area contributed by atoms with Crippen molar-refractivity contribution in [3.05, 3.63) is 0 Å². The summed E-state index contributed by atoms with van der Waals surface area (Å²) in [5.74, 6) is -0.127. The fraction of sp³-hybridized carbons (Fsp3) is 0.875. The van der Waals surface area contributed by atoms with Crippen LogP contribution in [0.15, 0.2) is 0 Å². The summed E-state index contributed by atoms with van der Waals surface area (Å²) in [7, 11) is -3.63. The maximum atomic E-state index is 12.3. The third-order valence-corrected chi connectivity index (χ3v) is 18.9. The lowest BCUT2D eigenvalue weighted by molar-refractivity contribution is -0.142. The lowest BCUT2D eigenvalue weighted by Crippen LogP contribution is -2.64. The quantitative estimate of drug-likeness (QED) is 0.537. The molecule has 2 atom stereocenters. The van der Waals surface area contributed by atoms with Crippen molar-refractivity contribution >= 4 is 27.7 Å². The Labute approximate surface area is 126 Å². The van der Waals surface area contributed by atoms with Gasteiger partial charge in [0.25, 0.3) is 0 Å². The Bertz CT molecular complexity index is 394. The zero-order valence-electron chi connectivity index (χ0n) is 15.0. The van der Waals surface area contributed by atoms with Crippen LogP contribution in [0.5, 0.6) is 0 Å². The normalized spacial score (nSPS) is 25.7. The van der Waals surface area contributed by atoms with Crippen LogP contribution in [-0.2, 0) is 9.59 Å². The van der Waals surface area contributed by atoms with E-state index in [1.54, 1.807) is 0 Å². The average Bonchev–Trinajstić information content (AvgIpc) is 2.20. The predicted octanol–water partition coefficient (Wildman–Crippen LogP) is 4.90. The van der Waals surface area contributed by atoms with Gasteiger partial charge >= 0.3 is 0 Å². The molecule has 0 saturated heterocycles. The lowest BCUT2D eigenvalue weighted by atomic mass is 9.94. The molecular weight excluding hydrogens is 280 g/mol. The van der Waals surface area contributed by atoms with Gasteiger partial charge in [-0.25, -0.2) is 0 Å². The molecule has 0 aromatic rings. The highest BCUT2D eigenvalue weighted by atomic mass is 28.3. The van der Waals surface area contributed by atoms with Gasteiger partial charge in [-0.15, -0.1) is 0 Å². The van der Waals surface area contributed by atoms with Crippen LogP contribution >= 0.6 is 0 Å². The molecule has 0 aromatic heterocycles. The predicted molar refractivity (Wildman–Crippen MR) is 91.9 cm³/mol. The van der Waals surface area contributed by atoms with E-state index in [-0.39, 0.29) is 32.7 Å². The molecule has 4 heteroatoms. The smallest absolute Gasteiger partial charge is 0.199 e. The van der Waals surface area contributed by atoms with Crippen molar-refractivity contribution in [2.24, 2.45) is 0 Å². The molecule has 0 radical (unpaired) electrons. The van der Waals surface area contributed by atoms with E-state index in [0.29, 0.717) is 0 Å². The number of carbonyl (C=O) groups excluding carboxylic acids is 2. The van der Waals surface area contributed by atoms with Gasteiger partial charge in [0.1, 0.15) is 0 Å². The van der Waals surface area contributed by atoms with Crippen molar-refractivity contribution in [3.8, 4) is 0 Å². The van der Waals surface area contributed by atoms with Crippen molar-refractivity contribution in [2.45, 2.75) is 88.9 Å². The van der Waals surface area contributed by atoms with Crippen molar-refractivity contribution in [1.29, 1.82) is 0 Å². The molecule has 0 spiro atoms. The topological polar surface area (TPSA) is 34.1 Å². The first kappa shape index (κ1) is 17.8. The highest BCUT2D eigenvalue weighted by Gasteiger charge is 2.65. The average molecular weight is 313 g/mol. The zero-order chi connectivity index (χ0) is 16.3. The molecule has 0 aromatic carbocycles. The van der Waals surface area contributed by atoms with Gasteiger partial charge in [0.05, 0.1) is 16.1 Å². The van der Waals surface area contributed by atoms with Crippen molar-refractivity contribution < 1.29 is 9.59 Å². The third kappa shape index (κ3) is 2.39. The molecule has 1 rings (SSSR count). The number of Topliss-reactive ketones (excluding diaryl/α,β-unsaturated/α-hetero) is 2. The van der Waals surface area contributed by atoms with Gasteiger partial charge in [0.15, 0.2) is 11.6 Å². The minimum Gasteiger partial charge on any atom is -0.291 e. The number of hydrogen-bond acceptors (Lipinski definition) is 2. The second kappa shape index (κ2) is 4.63. The van der Waals surface area contributed by atoms with Crippen molar-refractivity contribution in [3.63, 3.8) is 0 Å². The van der Waals surface area contributed by atoms with Crippen LogP contribution in [0, 0.1) is 0 Å². The standard InChI is InChI=1S/C16H32O2Si2/c1-15(2,3)19(7,8)13-11(17)12(18)14(13)20(9,10)16(4,5)6/h13-14H,1-10H3. The van der Waals surface area contributed by atoms with Crippen LogP contribution in [0.2, 0.25) is 47.3 Å². The first-order valence-electron chi connectivity index (χ1n) is 7.65. The molecule has 0 N–H and O–H groups in total. The van der Waals surface area contributed by atoms with Gasteiger partial charge in [0.2, 0.25) is 0 Å². The highest BCUT2D eigenvalue weighted by Crippen LogP contribution is 2.61. The molecule has 0 amide bonds. The second-order valence-electron chi connectivity index (χ2n) is 9.63. The van der Waals surface area contributed by atoms with E-state index in [0.717, 1.165) is 0 Å². The van der Waals surface area contributed by atoms with E-state index < -0.39 is 16.1 Å². The molecule has 0 bridgehead atoms. The van der Waals surface area contributed by atoms with E-state index in [9.17, 15) is 9.59 Å². The fourth-order valence-electron chi connectivity index (χ4n) is 2.93. The Hall–Kier alpha value is -0.226. The Morgan fingerprint density at radius 1 is 0.650 bits per heavy atom. The summed E-state index contributed by atoms with van der Waals surface area (Å²) in [6.45, 7) is 22.6. The number of hydrogen-bond donors (Lipinski definition) is 0. The van der Waals surface area contributed by atoms with Crippen LogP contribution in [0.1, 0.15) is 41.5 Å². The molecule has 20 heavy (non-hydrogen) atoms. The van der Waals surface area contributed by atoms with E-state index in [1.165, 1.54) is 0 Å². The molecule has 1 saturated carbocycles. The molecular formula is C16H32O2Si2. The summed E-state index contributed by atoms with van der Waals surface area (Å²) in [5, 5.41) is 0.295. The summed E-state index contributed by atoms with van der Waals surface area (Å²) >= 11 is 0. The summed E-state index contributed by atoms with van der Waals surface area (Å²) in [4.78, 5) is 24.7.